The van der Waals surface area contributed by atoms with Crippen LogP contribution in [0.3, 0.4) is 0 Å². The third-order valence-electron chi connectivity index (χ3n) is 3.28. The van der Waals surface area contributed by atoms with Crippen LogP contribution in [0.15, 0.2) is 0 Å². The Balaban J connectivity index is 3.27. The minimum atomic E-state index is -1.29. The zero-order valence-corrected chi connectivity index (χ0v) is 18.8. The first-order chi connectivity index (χ1) is 12.5. The molecular formula is C16H25AsO9S. The third kappa shape index (κ3) is 8.11. The van der Waals surface area contributed by atoms with Gasteiger partial charge in [-0.05, 0) is 0 Å². The van der Waals surface area contributed by atoms with Crippen molar-refractivity contribution in [2.75, 3.05) is 5.75 Å². The molecule has 0 aromatic carbocycles. The fourth-order valence-corrected chi connectivity index (χ4v) is 5.98. The summed E-state index contributed by atoms with van der Waals surface area (Å²) in [4.78, 5) is 46.2. The van der Waals surface area contributed by atoms with Gasteiger partial charge in [-0.1, -0.05) is 0 Å². The van der Waals surface area contributed by atoms with Crippen LogP contribution in [0.4, 0.5) is 0 Å². The van der Waals surface area contributed by atoms with E-state index in [1.165, 1.54) is 20.8 Å². The van der Waals surface area contributed by atoms with Crippen LogP contribution in [-0.2, 0) is 42.9 Å². The van der Waals surface area contributed by atoms with Crippen molar-refractivity contribution in [3.63, 3.8) is 0 Å². The van der Waals surface area contributed by atoms with E-state index in [-0.39, 0.29) is 0 Å². The van der Waals surface area contributed by atoms with E-state index in [2.05, 4.69) is 11.4 Å². The summed E-state index contributed by atoms with van der Waals surface area (Å²) in [5.41, 5.74) is 4.24. The topological polar surface area (TPSA) is 114 Å². The monoisotopic (exact) mass is 468 g/mol. The molecule has 0 N–H and O–H groups in total. The van der Waals surface area contributed by atoms with Crippen LogP contribution >= 0.6 is 10.0 Å². The fraction of sp³-hybridized carbons (Fsp3) is 0.750. The van der Waals surface area contributed by atoms with Crippen LogP contribution in [0.5, 0.6) is 0 Å². The van der Waals surface area contributed by atoms with E-state index in [1.807, 2.05) is 0 Å². The van der Waals surface area contributed by atoms with Gasteiger partial charge in [0, 0.05) is 0 Å². The van der Waals surface area contributed by atoms with Crippen LogP contribution in [-0.4, -0.2) is 73.8 Å². The van der Waals surface area contributed by atoms with Gasteiger partial charge in [0.05, 0.1) is 0 Å². The Bertz CT molecular complexity index is 568. The van der Waals surface area contributed by atoms with Gasteiger partial charge in [-0.3, -0.25) is 0 Å². The van der Waals surface area contributed by atoms with E-state index in [1.54, 1.807) is 10.0 Å². The zero-order chi connectivity index (χ0) is 20.7. The normalized spacial score (nSPS) is 27.6. The molecule has 0 aromatic rings. The van der Waals surface area contributed by atoms with Gasteiger partial charge in [-0.2, -0.15) is 0 Å². The molecule has 1 saturated heterocycles. The summed E-state index contributed by atoms with van der Waals surface area (Å²) >= 11 is -1.11. The number of hydrogen-bond donors (Lipinski definition) is 0. The van der Waals surface area contributed by atoms with Gasteiger partial charge in [-0.25, -0.2) is 0 Å². The summed E-state index contributed by atoms with van der Waals surface area (Å²) in [7, 11) is 1.67. The molecule has 0 unspecified atom stereocenters. The molecule has 0 saturated carbocycles. The molecule has 1 aliphatic rings. The zero-order valence-electron chi connectivity index (χ0n) is 16.1. The van der Waals surface area contributed by atoms with Crippen molar-refractivity contribution in [2.24, 2.45) is 0 Å². The molecule has 0 aromatic heterocycles. The molecule has 0 aliphatic carbocycles. The standard InChI is InChI=1S/C16H25AsO9S/c1-8(18)22-13-12(7-27-17(5)6)26-16(25-11(4)21)15(24-10(3)20)14(13)23-9(2)19/h12-16H,7H2,1-6H3/t12-,13-,14+,15-,16-/m1/s1. The number of carbonyl (C=O) groups is 4. The fourth-order valence-electron chi connectivity index (χ4n) is 2.47. The predicted octanol–water partition coefficient (Wildman–Crippen LogP) is 1.05. The Labute approximate surface area is 166 Å². The third-order valence-corrected chi connectivity index (χ3v) is 8.46. The first-order valence-electron chi connectivity index (χ1n) is 8.15. The molecule has 1 heterocycles. The molecular weight excluding hydrogens is 443 g/mol. The maximum atomic E-state index is 11.6. The first kappa shape index (κ1) is 23.8. The number of esters is 4. The average Bonchev–Trinajstić information content (AvgIpc) is 2.49. The van der Waals surface area contributed by atoms with E-state index in [0.717, 1.165) is 6.92 Å². The predicted molar refractivity (Wildman–Crippen MR) is 97.0 cm³/mol. The van der Waals surface area contributed by atoms with Crippen LogP contribution in [0, 0.1) is 0 Å². The summed E-state index contributed by atoms with van der Waals surface area (Å²) in [6, 6.07) is 0. The van der Waals surface area contributed by atoms with Crippen LogP contribution in [0.1, 0.15) is 27.7 Å². The average molecular weight is 468 g/mol. The van der Waals surface area contributed by atoms with Crippen molar-refractivity contribution in [2.45, 2.75) is 69.8 Å². The van der Waals surface area contributed by atoms with Crippen molar-refractivity contribution in [1.29, 1.82) is 0 Å². The Morgan fingerprint density at radius 1 is 0.778 bits per heavy atom. The number of hydrogen-bond acceptors (Lipinski definition) is 10. The Hall–Kier alpha value is -1.25. The van der Waals surface area contributed by atoms with E-state index in [4.69, 9.17) is 23.7 Å². The molecule has 27 heavy (non-hydrogen) atoms. The molecule has 9 nitrogen and oxygen atoms in total. The van der Waals surface area contributed by atoms with Gasteiger partial charge < -0.3 is 0 Å². The summed E-state index contributed by atoms with van der Waals surface area (Å²) < 4.78 is 26.8. The number of rotatable bonds is 7. The van der Waals surface area contributed by atoms with Crippen molar-refractivity contribution < 1.29 is 42.9 Å². The van der Waals surface area contributed by atoms with Gasteiger partial charge >= 0.3 is 166 Å². The molecule has 5 atom stereocenters. The Morgan fingerprint density at radius 2 is 1.22 bits per heavy atom. The second kappa shape index (κ2) is 10.9. The second-order valence-corrected chi connectivity index (χ2v) is 15.4. The quantitative estimate of drug-likeness (QED) is 0.305. The van der Waals surface area contributed by atoms with Gasteiger partial charge in [0.15, 0.2) is 0 Å². The minimum absolute atomic E-state index is 0.438. The SMILES string of the molecule is CC(=O)O[C@@H]1O[C@H](CS[As](C)C)[C@@H](OC(C)=O)[C@H](OC(C)=O)[C@H]1OC(C)=O. The van der Waals surface area contributed by atoms with Crippen LogP contribution < -0.4 is 0 Å². The molecule has 154 valence electrons. The molecule has 0 amide bonds. The van der Waals surface area contributed by atoms with Gasteiger partial charge in [0.25, 0.3) is 0 Å². The van der Waals surface area contributed by atoms with Gasteiger partial charge in [0.1, 0.15) is 0 Å². The molecule has 1 rings (SSSR count). The Morgan fingerprint density at radius 3 is 1.67 bits per heavy atom. The van der Waals surface area contributed by atoms with E-state index >= 15 is 0 Å². The van der Waals surface area contributed by atoms with Crippen molar-refractivity contribution in [3.05, 3.63) is 0 Å². The van der Waals surface area contributed by atoms with Crippen molar-refractivity contribution in [1.82, 2.24) is 0 Å². The summed E-state index contributed by atoms with van der Waals surface area (Å²) in [5, 5.41) is 0. The summed E-state index contributed by atoms with van der Waals surface area (Å²) in [6.45, 7) is 4.73. The van der Waals surface area contributed by atoms with Crippen LogP contribution in [0.2, 0.25) is 11.4 Å². The van der Waals surface area contributed by atoms with E-state index in [0.29, 0.717) is 5.75 Å². The molecule has 0 bridgehead atoms. The number of carbonyl (C=O) groups excluding carboxylic acids is 4. The molecule has 0 spiro atoms. The first-order valence-corrected chi connectivity index (χ1v) is 15.1. The maximum absolute atomic E-state index is 11.6. The van der Waals surface area contributed by atoms with Gasteiger partial charge in [0.2, 0.25) is 0 Å². The van der Waals surface area contributed by atoms with E-state index in [9.17, 15) is 19.2 Å². The summed E-state index contributed by atoms with van der Waals surface area (Å²) in [6.07, 6.45) is -5.45. The second-order valence-electron chi connectivity index (χ2n) is 5.98. The van der Waals surface area contributed by atoms with Crippen molar-refractivity contribution in [3.8, 4) is 0 Å². The molecule has 11 heteroatoms. The van der Waals surface area contributed by atoms with Crippen LogP contribution in [0.25, 0.3) is 0 Å². The van der Waals surface area contributed by atoms with E-state index < -0.39 is 68.1 Å². The van der Waals surface area contributed by atoms with Gasteiger partial charge in [-0.15, -0.1) is 0 Å². The number of ether oxygens (including phenoxy) is 5. The molecule has 1 aliphatic heterocycles. The summed E-state index contributed by atoms with van der Waals surface area (Å²) in [5.74, 6) is -2.18. The van der Waals surface area contributed by atoms with Crippen molar-refractivity contribution >= 4 is 47.4 Å². The Kier molecular flexibility index (Phi) is 9.62. The molecule has 0 radical (unpaired) electrons. The molecule has 1 fully saturated rings.